The Kier molecular flexibility index (Phi) is 18.9. The van der Waals surface area contributed by atoms with Crippen LogP contribution >= 0.6 is 12.2 Å². The lowest BCUT2D eigenvalue weighted by molar-refractivity contribution is -0.138. The highest BCUT2D eigenvalue weighted by Gasteiger charge is 2.52. The number of halogens is 3. The van der Waals surface area contributed by atoms with Crippen molar-refractivity contribution >= 4 is 58.0 Å². The van der Waals surface area contributed by atoms with E-state index in [4.69, 9.17) is 22.6 Å². The molecule has 332 valence electrons. The summed E-state index contributed by atoms with van der Waals surface area (Å²) in [5, 5.41) is 26.5. The number of anilines is 3. The number of hydrogen-bond donors (Lipinski definition) is 4. The standard InChI is InChI=1S/C20H29N5O4.C19H20F3N3OS.2C2H4.3H2/c26-12-2-7-24-8-10-25(11-9-24)14-19(28)22-16-4-1-3-15(13-16)21-17-5-6-18(27)23-20(17)29;1-18(2)16(26)24(17(27)25(18)13-6-4-3-5-7-13)14-9-8-12(11-23)15(10-14)19(20,21)22;2*1-2;;;/h1,3-4,13,17,21,26H,2,5-12,14H2,(H,22,28)(H,23,27,29);8-10,13H,3-7H2,1-2H3;2*1-2H2;3*1H. The number of nitrogens with zero attached hydrogens (tertiary/aromatic N) is 5. The summed E-state index contributed by atoms with van der Waals surface area (Å²) in [5.74, 6) is -1.00. The van der Waals surface area contributed by atoms with Gasteiger partial charge in [0.1, 0.15) is 11.6 Å². The minimum absolute atomic E-state index is 0. The van der Waals surface area contributed by atoms with Crippen molar-refractivity contribution < 1.29 is 41.7 Å². The number of alkyl halides is 3. The van der Waals surface area contributed by atoms with Crippen LogP contribution in [0.1, 0.15) is 80.6 Å². The summed E-state index contributed by atoms with van der Waals surface area (Å²) in [6.07, 6.45) is 1.90. The van der Waals surface area contributed by atoms with Crippen LogP contribution in [0.5, 0.6) is 0 Å². The highest BCUT2D eigenvalue weighted by atomic mass is 32.1. The van der Waals surface area contributed by atoms with Crippen molar-refractivity contribution in [3.63, 3.8) is 0 Å². The Morgan fingerprint density at radius 3 is 2.22 bits per heavy atom. The van der Waals surface area contributed by atoms with Crippen LogP contribution in [0.15, 0.2) is 68.8 Å². The zero-order valence-electron chi connectivity index (χ0n) is 34.5. The Bertz CT molecular complexity index is 1870. The fourth-order valence-corrected chi connectivity index (χ4v) is 8.15. The molecule has 3 saturated heterocycles. The van der Waals surface area contributed by atoms with Gasteiger partial charge >= 0.3 is 6.18 Å². The summed E-state index contributed by atoms with van der Waals surface area (Å²) in [4.78, 5) is 56.1. The molecule has 1 saturated carbocycles. The molecule has 13 nitrogen and oxygen atoms in total. The number of piperidine rings is 1. The minimum Gasteiger partial charge on any atom is -0.396 e. The number of carbonyl (C=O) groups is 4. The lowest BCUT2D eigenvalue weighted by atomic mass is 9.91. The van der Waals surface area contributed by atoms with Crippen LogP contribution < -0.4 is 20.9 Å². The van der Waals surface area contributed by atoms with E-state index in [1.807, 2.05) is 17.0 Å². The normalized spacial score (nSPS) is 19.6. The van der Waals surface area contributed by atoms with Gasteiger partial charge in [-0.05, 0) is 88.1 Å². The first kappa shape index (κ1) is 49.2. The molecule has 3 aliphatic heterocycles. The number of aliphatic hydroxyl groups excluding tert-OH is 1. The molecular formula is C43H63F3N8O5S. The lowest BCUT2D eigenvalue weighted by Crippen LogP contribution is -2.50. The van der Waals surface area contributed by atoms with Gasteiger partial charge in [-0.1, -0.05) is 25.3 Å². The molecule has 1 unspecified atom stereocenters. The molecule has 3 heterocycles. The van der Waals surface area contributed by atoms with E-state index in [1.54, 1.807) is 32.0 Å². The van der Waals surface area contributed by atoms with Gasteiger partial charge in [-0.2, -0.15) is 18.4 Å². The molecule has 4 fully saturated rings. The van der Waals surface area contributed by atoms with Crippen LogP contribution in [0.3, 0.4) is 0 Å². The summed E-state index contributed by atoms with van der Waals surface area (Å²) in [6, 6.07) is 11.7. The topological polar surface area (TPSA) is 161 Å². The van der Waals surface area contributed by atoms with Crippen LogP contribution in [0.2, 0.25) is 0 Å². The summed E-state index contributed by atoms with van der Waals surface area (Å²) in [5.41, 5.74) is -1.05. The van der Waals surface area contributed by atoms with E-state index in [1.165, 1.54) is 11.0 Å². The van der Waals surface area contributed by atoms with E-state index in [2.05, 4.69) is 52.1 Å². The maximum absolute atomic E-state index is 13.3. The number of carbonyl (C=O) groups excluding carboxylic acids is 4. The second-order valence-electron chi connectivity index (χ2n) is 15.0. The fourth-order valence-electron chi connectivity index (χ4n) is 7.58. The van der Waals surface area contributed by atoms with Crippen molar-refractivity contribution in [1.29, 1.82) is 5.26 Å². The third-order valence-electron chi connectivity index (χ3n) is 10.5. The molecule has 1 aliphatic carbocycles. The number of rotatable bonds is 10. The largest absolute Gasteiger partial charge is 0.417 e. The number of nitrogens with one attached hydrogen (secondary N) is 3. The van der Waals surface area contributed by atoms with Crippen molar-refractivity contribution in [2.75, 3.05) is 61.4 Å². The van der Waals surface area contributed by atoms with E-state index < -0.39 is 28.9 Å². The highest BCUT2D eigenvalue weighted by Crippen LogP contribution is 2.40. The fraction of sp³-hybridized carbons (Fsp3) is 0.488. The van der Waals surface area contributed by atoms with Crippen LogP contribution in [0.25, 0.3) is 0 Å². The number of thiocarbonyl (C=S) groups is 1. The Labute approximate surface area is 360 Å². The summed E-state index contributed by atoms with van der Waals surface area (Å²) < 4.78 is 40.0. The van der Waals surface area contributed by atoms with E-state index in [-0.39, 0.29) is 51.4 Å². The Morgan fingerprint density at radius 2 is 1.62 bits per heavy atom. The molecule has 0 aromatic heterocycles. The molecular weight excluding hydrogens is 798 g/mol. The maximum atomic E-state index is 13.3. The number of piperazine rings is 1. The second kappa shape index (κ2) is 23.0. The number of aliphatic hydroxyl groups is 1. The lowest BCUT2D eigenvalue weighted by Gasteiger charge is -2.39. The molecule has 4 aliphatic rings. The summed E-state index contributed by atoms with van der Waals surface area (Å²) in [7, 11) is 0. The number of imide groups is 1. The van der Waals surface area contributed by atoms with Crippen molar-refractivity contribution in [2.45, 2.75) is 89.0 Å². The molecule has 0 radical (unpaired) electrons. The third kappa shape index (κ3) is 12.9. The van der Waals surface area contributed by atoms with E-state index in [9.17, 15) is 32.3 Å². The first-order valence-electron chi connectivity index (χ1n) is 20.0. The van der Waals surface area contributed by atoms with Crippen molar-refractivity contribution in [3.8, 4) is 6.07 Å². The molecule has 2 aromatic carbocycles. The third-order valence-corrected chi connectivity index (χ3v) is 10.9. The highest BCUT2D eigenvalue weighted by molar-refractivity contribution is 7.80. The van der Waals surface area contributed by atoms with Crippen molar-refractivity contribution in [3.05, 3.63) is 79.9 Å². The van der Waals surface area contributed by atoms with Gasteiger partial charge in [-0.25, -0.2) is 0 Å². The van der Waals surface area contributed by atoms with Gasteiger partial charge in [0.25, 0.3) is 5.91 Å². The summed E-state index contributed by atoms with van der Waals surface area (Å²) >= 11 is 5.53. The first-order chi connectivity index (χ1) is 28.6. The molecule has 17 heteroatoms. The van der Waals surface area contributed by atoms with Gasteiger partial charge in [-0.3, -0.25) is 34.3 Å². The number of amides is 4. The van der Waals surface area contributed by atoms with Crippen molar-refractivity contribution in [2.24, 2.45) is 0 Å². The van der Waals surface area contributed by atoms with Gasteiger partial charge in [-0.15, -0.1) is 26.3 Å². The van der Waals surface area contributed by atoms with Crippen LogP contribution in [0, 0.1) is 11.3 Å². The molecule has 0 bridgehead atoms. The van der Waals surface area contributed by atoms with Gasteiger partial charge < -0.3 is 25.5 Å². The second-order valence-corrected chi connectivity index (χ2v) is 15.3. The number of nitriles is 1. The average molecular weight is 861 g/mol. The van der Waals surface area contributed by atoms with Crippen molar-refractivity contribution in [1.82, 2.24) is 20.0 Å². The van der Waals surface area contributed by atoms with Gasteiger partial charge in [0, 0.05) is 67.4 Å². The predicted octanol–water partition coefficient (Wildman–Crippen LogP) is 6.81. The quantitative estimate of drug-likeness (QED) is 0.113. The van der Waals surface area contributed by atoms with Crippen LogP contribution in [-0.4, -0.2) is 112 Å². The van der Waals surface area contributed by atoms with E-state index in [0.717, 1.165) is 89.1 Å². The molecule has 0 spiro atoms. The monoisotopic (exact) mass is 860 g/mol. The van der Waals surface area contributed by atoms with Crippen LogP contribution in [0.4, 0.5) is 30.2 Å². The van der Waals surface area contributed by atoms with Gasteiger partial charge in [0.15, 0.2) is 5.11 Å². The maximum Gasteiger partial charge on any atom is 0.417 e. The molecule has 6 rings (SSSR count). The first-order valence-corrected chi connectivity index (χ1v) is 20.4. The zero-order chi connectivity index (χ0) is 44.6. The van der Waals surface area contributed by atoms with Gasteiger partial charge in [0.05, 0.1) is 29.4 Å². The number of hydrogen-bond acceptors (Lipinski definition) is 10. The molecule has 2 aromatic rings. The van der Waals surface area contributed by atoms with E-state index >= 15 is 0 Å². The predicted molar refractivity (Wildman–Crippen MR) is 237 cm³/mol. The molecule has 4 N–H and O–H groups in total. The molecule has 60 heavy (non-hydrogen) atoms. The Morgan fingerprint density at radius 1 is 0.983 bits per heavy atom. The summed E-state index contributed by atoms with van der Waals surface area (Å²) in [6.45, 7) is 20.4. The Balaban J connectivity index is 0.00000109. The molecule has 1 atom stereocenters. The van der Waals surface area contributed by atoms with Gasteiger partial charge in [0.2, 0.25) is 17.7 Å². The molecule has 4 amide bonds. The zero-order valence-corrected chi connectivity index (χ0v) is 35.3. The SMILES string of the molecule is C=C.C=C.CC1(C)C(=O)N(c2ccc(C#N)c(C(F)(F)F)c2)C(=S)N1C1CCCCC1.O=C1CCC(Nc2cccc(NC(=O)CN3CCN(CCCO)CC3)c2)C(=O)N1.[HH].[HH].[HH]. The van der Waals surface area contributed by atoms with E-state index in [0.29, 0.717) is 25.1 Å². The van der Waals surface area contributed by atoms with Crippen LogP contribution in [-0.2, 0) is 25.4 Å². The average Bonchev–Trinajstić information content (AvgIpc) is 3.41. The Hall–Kier alpha value is -5.15. The minimum atomic E-state index is -4.69. The number of benzene rings is 2. The smallest absolute Gasteiger partial charge is 0.396 e.